The van der Waals surface area contributed by atoms with Crippen molar-refractivity contribution < 1.29 is 22.4 Å². The average Bonchev–Trinajstić information content (AvgIpc) is 3.47. The molecule has 1 aromatic carbocycles. The number of nitrogens with one attached hydrogen (secondary N) is 1. The molecule has 1 amide bonds. The highest BCUT2D eigenvalue weighted by molar-refractivity contribution is 6.01. The molecule has 5 nitrogen and oxygen atoms in total. The summed E-state index contributed by atoms with van der Waals surface area (Å²) in [7, 11) is 0. The predicted molar refractivity (Wildman–Crippen MR) is 118 cm³/mol. The van der Waals surface area contributed by atoms with Gasteiger partial charge in [-0.15, -0.1) is 0 Å². The minimum absolute atomic E-state index is 0.161. The molecule has 2 aliphatic rings. The van der Waals surface area contributed by atoms with Gasteiger partial charge in [0, 0.05) is 43.9 Å². The summed E-state index contributed by atoms with van der Waals surface area (Å²) < 4.78 is 52.0. The first-order valence-corrected chi connectivity index (χ1v) is 11.1. The van der Waals surface area contributed by atoms with Gasteiger partial charge in [-0.25, -0.2) is 22.1 Å². The molecule has 3 heterocycles. The third-order valence-electron chi connectivity index (χ3n) is 6.08. The van der Waals surface area contributed by atoms with Crippen LogP contribution in [0, 0.1) is 11.6 Å². The van der Waals surface area contributed by atoms with E-state index in [1.807, 2.05) is 18.3 Å². The van der Waals surface area contributed by atoms with Crippen LogP contribution in [0.3, 0.4) is 0 Å². The molecule has 176 valence electrons. The second-order valence-electron chi connectivity index (χ2n) is 8.51. The van der Waals surface area contributed by atoms with Gasteiger partial charge >= 0.3 is 0 Å². The smallest absolute Gasteiger partial charge is 0.255 e. The molecule has 1 saturated heterocycles. The van der Waals surface area contributed by atoms with Crippen molar-refractivity contribution in [2.45, 2.75) is 50.5 Å². The zero-order valence-electron chi connectivity index (χ0n) is 18.1. The van der Waals surface area contributed by atoms with E-state index in [9.17, 15) is 22.4 Å². The summed E-state index contributed by atoms with van der Waals surface area (Å²) in [5, 5.41) is 7.14. The topological polar surface area (TPSA) is 49.6 Å². The lowest BCUT2D eigenvalue weighted by Crippen LogP contribution is -2.40. The molecular weight excluding hydrogens is 436 g/mol. The number of pyridine rings is 1. The van der Waals surface area contributed by atoms with Crippen molar-refractivity contribution in [1.29, 1.82) is 0 Å². The maximum Gasteiger partial charge on any atom is 0.255 e. The Labute approximate surface area is 189 Å². The molecule has 0 spiro atoms. The Hall–Kier alpha value is -3.10. The third kappa shape index (κ3) is 5.83. The molecule has 5 rings (SSSR count). The number of hydrogen-bond donors (Lipinski definition) is 1. The van der Waals surface area contributed by atoms with Crippen LogP contribution in [0.25, 0.3) is 5.52 Å². The van der Waals surface area contributed by atoms with Gasteiger partial charge in [-0.1, -0.05) is 0 Å². The van der Waals surface area contributed by atoms with Crippen molar-refractivity contribution in [3.8, 4) is 0 Å². The molecule has 0 bridgehead atoms. The van der Waals surface area contributed by atoms with Crippen LogP contribution in [0.2, 0.25) is 0 Å². The predicted octanol–water partition coefficient (Wildman–Crippen LogP) is 5.21. The Morgan fingerprint density at radius 2 is 1.61 bits per heavy atom. The number of alkyl halides is 2. The minimum atomic E-state index is -2.59. The highest BCUT2D eigenvalue weighted by Crippen LogP contribution is 2.33. The Morgan fingerprint density at radius 3 is 2.21 bits per heavy atom. The number of carbonyl (C=O) groups is 1. The fourth-order valence-electron chi connectivity index (χ4n) is 4.19. The highest BCUT2D eigenvalue weighted by atomic mass is 19.3. The largest absolute Gasteiger partial charge is 0.371 e. The van der Waals surface area contributed by atoms with Crippen molar-refractivity contribution in [3.63, 3.8) is 0 Å². The first kappa shape index (κ1) is 23.1. The molecule has 1 aliphatic heterocycles. The lowest BCUT2D eigenvalue weighted by molar-refractivity contribution is -0.0399. The van der Waals surface area contributed by atoms with Crippen LogP contribution < -0.4 is 10.2 Å². The van der Waals surface area contributed by atoms with Crippen LogP contribution in [0.4, 0.5) is 23.2 Å². The number of aromatic nitrogens is 2. The molecule has 1 saturated carbocycles. The summed E-state index contributed by atoms with van der Waals surface area (Å²) in [6.07, 6.45) is 6.09. The van der Waals surface area contributed by atoms with Crippen molar-refractivity contribution in [2.24, 2.45) is 0 Å². The van der Waals surface area contributed by atoms with Gasteiger partial charge in [-0.05, 0) is 62.1 Å². The first-order valence-electron chi connectivity index (χ1n) is 11.1. The Balaban J connectivity index is 0.000000275. The van der Waals surface area contributed by atoms with Crippen molar-refractivity contribution in [1.82, 2.24) is 14.9 Å². The Kier molecular flexibility index (Phi) is 6.85. The monoisotopic (exact) mass is 462 g/mol. The zero-order valence-corrected chi connectivity index (χ0v) is 18.1. The van der Waals surface area contributed by atoms with Gasteiger partial charge in [0.05, 0.1) is 17.3 Å². The average molecular weight is 462 g/mol. The SMILES string of the molecule is Fc1ccc(F)cc1.O=C(NC1CCC(F)(F)CC1)c1cnn2ccc(N3CCCC3)cc12. The van der Waals surface area contributed by atoms with Crippen molar-refractivity contribution >= 4 is 17.1 Å². The summed E-state index contributed by atoms with van der Waals surface area (Å²) in [5.74, 6) is -3.64. The summed E-state index contributed by atoms with van der Waals surface area (Å²) in [4.78, 5) is 14.9. The van der Waals surface area contributed by atoms with Crippen LogP contribution in [-0.2, 0) is 0 Å². The second-order valence-corrected chi connectivity index (χ2v) is 8.51. The van der Waals surface area contributed by atoms with E-state index in [1.54, 1.807) is 10.7 Å². The van der Waals surface area contributed by atoms with Crippen LogP contribution in [0.5, 0.6) is 0 Å². The van der Waals surface area contributed by atoms with Gasteiger partial charge in [0.2, 0.25) is 5.92 Å². The summed E-state index contributed by atoms with van der Waals surface area (Å²) in [5.41, 5.74) is 2.35. The number of anilines is 1. The number of carbonyl (C=O) groups excluding carboxylic acids is 1. The Morgan fingerprint density at radius 1 is 1.00 bits per heavy atom. The van der Waals surface area contributed by atoms with E-state index in [0.717, 1.165) is 48.6 Å². The quantitative estimate of drug-likeness (QED) is 0.544. The van der Waals surface area contributed by atoms with E-state index in [0.29, 0.717) is 18.4 Å². The maximum absolute atomic E-state index is 13.3. The molecular formula is C24H26F4N4O. The van der Waals surface area contributed by atoms with E-state index < -0.39 is 17.6 Å². The third-order valence-corrected chi connectivity index (χ3v) is 6.08. The molecule has 33 heavy (non-hydrogen) atoms. The zero-order chi connectivity index (χ0) is 23.4. The van der Waals surface area contributed by atoms with Crippen LogP contribution in [0.15, 0.2) is 48.8 Å². The first-order chi connectivity index (χ1) is 15.8. The molecule has 1 aliphatic carbocycles. The molecule has 2 fully saturated rings. The van der Waals surface area contributed by atoms with Crippen molar-refractivity contribution in [2.75, 3.05) is 18.0 Å². The number of nitrogens with zero attached hydrogens (tertiary/aromatic N) is 3. The van der Waals surface area contributed by atoms with E-state index in [2.05, 4.69) is 15.3 Å². The number of benzene rings is 1. The van der Waals surface area contributed by atoms with Crippen molar-refractivity contribution in [3.05, 3.63) is 66.0 Å². The lowest BCUT2D eigenvalue weighted by atomic mass is 9.92. The molecule has 0 radical (unpaired) electrons. The lowest BCUT2D eigenvalue weighted by Gasteiger charge is -2.28. The van der Waals surface area contributed by atoms with Crippen LogP contribution >= 0.6 is 0 Å². The molecule has 9 heteroatoms. The van der Waals surface area contributed by atoms with Gasteiger partial charge in [0.1, 0.15) is 11.6 Å². The highest BCUT2D eigenvalue weighted by Gasteiger charge is 2.35. The Bertz CT molecular complexity index is 1060. The van der Waals surface area contributed by atoms with E-state index in [1.165, 1.54) is 12.8 Å². The molecule has 1 N–H and O–H groups in total. The van der Waals surface area contributed by atoms with Gasteiger partial charge in [-0.3, -0.25) is 4.79 Å². The maximum atomic E-state index is 13.3. The molecule has 0 unspecified atom stereocenters. The minimum Gasteiger partial charge on any atom is -0.371 e. The van der Waals surface area contributed by atoms with Crippen LogP contribution in [0.1, 0.15) is 48.9 Å². The van der Waals surface area contributed by atoms with Gasteiger partial charge in [-0.2, -0.15) is 5.10 Å². The number of amides is 1. The normalized spacial score (nSPS) is 18.1. The van der Waals surface area contributed by atoms with E-state index >= 15 is 0 Å². The molecule has 2 aromatic heterocycles. The summed E-state index contributed by atoms with van der Waals surface area (Å²) in [6.45, 7) is 2.06. The van der Waals surface area contributed by atoms with Gasteiger partial charge in [0.15, 0.2) is 0 Å². The fourth-order valence-corrected chi connectivity index (χ4v) is 4.19. The van der Waals surface area contributed by atoms with Gasteiger partial charge in [0.25, 0.3) is 5.91 Å². The van der Waals surface area contributed by atoms with Gasteiger partial charge < -0.3 is 10.2 Å². The number of halogens is 4. The fraction of sp³-hybridized carbons (Fsp3) is 0.417. The molecule has 3 aromatic rings. The number of fused-ring (bicyclic) bond motifs is 1. The second kappa shape index (κ2) is 9.80. The van der Waals surface area contributed by atoms with Crippen LogP contribution in [-0.4, -0.2) is 40.6 Å². The van der Waals surface area contributed by atoms with E-state index in [4.69, 9.17) is 0 Å². The number of hydrogen-bond acceptors (Lipinski definition) is 3. The van der Waals surface area contributed by atoms with E-state index in [-0.39, 0.29) is 24.8 Å². The standard InChI is InChI=1S/C18H22F2N4O.C6H4F2/c19-18(20)6-3-13(4-7-18)22-17(25)15-12-21-24-10-5-14(11-16(15)24)23-8-1-2-9-23;7-5-1-2-6(8)4-3-5/h5,10-13H,1-4,6-9H2,(H,22,25);1-4H. The number of rotatable bonds is 3. The molecule has 0 atom stereocenters. The summed E-state index contributed by atoms with van der Waals surface area (Å²) in [6, 6.07) is 8.12. The summed E-state index contributed by atoms with van der Waals surface area (Å²) >= 11 is 0.